The molecule has 0 radical (unpaired) electrons. The average Bonchev–Trinajstić information content (AvgIpc) is 3.65. The first-order chi connectivity index (χ1) is 19.5. The van der Waals surface area contributed by atoms with E-state index in [4.69, 9.17) is 0 Å². The number of hydrogen-bond acceptors (Lipinski definition) is 8. The number of aliphatic hydroxyl groups is 2. The smallest absolute Gasteiger partial charge is 0.230 e. The molecule has 4 aliphatic rings. The van der Waals surface area contributed by atoms with Crippen LogP contribution in [0.15, 0.2) is 0 Å². The van der Waals surface area contributed by atoms with E-state index in [-0.39, 0.29) is 47.9 Å². The van der Waals surface area contributed by atoms with E-state index in [9.17, 15) is 29.4 Å². The minimum Gasteiger partial charge on any atom is -0.393 e. The fourth-order valence-electron chi connectivity index (χ4n) is 8.03. The zero-order valence-electron chi connectivity index (χ0n) is 25.4. The van der Waals surface area contributed by atoms with Gasteiger partial charge in [-0.2, -0.15) is 0 Å². The Morgan fingerprint density at radius 1 is 0.595 bits per heavy atom. The number of carbonyl (C=O) groups is 4. The Morgan fingerprint density at radius 2 is 0.976 bits per heavy atom. The molecule has 0 aromatic rings. The molecular formula is C30H52ClN5O6. The van der Waals surface area contributed by atoms with Gasteiger partial charge < -0.3 is 31.5 Å². The number of fused-ring (bicyclic) bond motifs is 4. The highest BCUT2D eigenvalue weighted by Crippen LogP contribution is 2.54. The molecule has 0 aliphatic heterocycles. The van der Waals surface area contributed by atoms with Gasteiger partial charge in [0.25, 0.3) is 0 Å². The Bertz CT molecular complexity index is 892. The highest BCUT2D eigenvalue weighted by atomic mass is 35.5. The molecule has 4 bridgehead atoms. The molecule has 4 rings (SSSR count). The van der Waals surface area contributed by atoms with Crippen molar-refractivity contribution in [1.29, 1.82) is 0 Å². The van der Waals surface area contributed by atoms with Crippen LogP contribution in [0.2, 0.25) is 0 Å². The van der Waals surface area contributed by atoms with Crippen LogP contribution in [0.25, 0.3) is 0 Å². The van der Waals surface area contributed by atoms with Crippen LogP contribution in [0.4, 0.5) is 0 Å². The number of nitrogens with one attached hydrogen (secondary N) is 5. The van der Waals surface area contributed by atoms with Gasteiger partial charge in [-0.25, -0.2) is 0 Å². The standard InChI is InChI=1S/C30H51N5O6.ClH/c1-15(2)31-7-5-9-33-27(38)23-17-11-19(21(36)13-17)25(23)29(40)35-30(41)26-20-12-18(14-22(20)37)24(26)28(39)34-10-6-8-32-16(3)4;/h15-26,31-32,36-37H,5-14H2,1-4H3,(H,33,38)(H,34,39)(H,35,40,41);1H. The van der Waals surface area contributed by atoms with Crippen LogP contribution in [-0.4, -0.2) is 84.3 Å². The second-order valence-corrected chi connectivity index (χ2v) is 13.4. The van der Waals surface area contributed by atoms with Crippen LogP contribution in [0.1, 0.15) is 66.2 Å². The second-order valence-electron chi connectivity index (χ2n) is 13.4. The van der Waals surface area contributed by atoms with E-state index in [1.165, 1.54) is 0 Å². The number of amides is 4. The van der Waals surface area contributed by atoms with Gasteiger partial charge >= 0.3 is 0 Å². The van der Waals surface area contributed by atoms with Crippen molar-refractivity contribution >= 4 is 36.0 Å². The van der Waals surface area contributed by atoms with Gasteiger partial charge in [0.05, 0.1) is 35.9 Å². The van der Waals surface area contributed by atoms with Crippen molar-refractivity contribution in [2.75, 3.05) is 26.2 Å². The fourth-order valence-corrected chi connectivity index (χ4v) is 8.03. The minimum absolute atomic E-state index is 0. The fraction of sp³-hybridized carbons (Fsp3) is 0.867. The molecule has 4 aliphatic carbocycles. The largest absolute Gasteiger partial charge is 0.393 e. The van der Waals surface area contributed by atoms with Crippen LogP contribution < -0.4 is 26.6 Å². The zero-order valence-corrected chi connectivity index (χ0v) is 26.3. The summed E-state index contributed by atoms with van der Waals surface area (Å²) in [4.78, 5) is 53.5. The zero-order chi connectivity index (χ0) is 29.8. The van der Waals surface area contributed by atoms with E-state index in [2.05, 4.69) is 54.3 Å². The predicted molar refractivity (Wildman–Crippen MR) is 160 cm³/mol. The van der Waals surface area contributed by atoms with Crippen molar-refractivity contribution in [3.05, 3.63) is 0 Å². The maximum atomic E-state index is 13.6. The second kappa shape index (κ2) is 15.3. The monoisotopic (exact) mass is 613 g/mol. The first-order valence-corrected chi connectivity index (χ1v) is 15.7. The SMILES string of the molecule is CC(C)NCCCNC(=O)C1C2CC(O)C(C2)C1C(=O)NC(=O)C1C2CC(CC2O)C1C(=O)NCCCNC(C)C.Cl. The molecule has 0 saturated heterocycles. The van der Waals surface area contributed by atoms with Gasteiger partial charge in [0.2, 0.25) is 23.6 Å². The van der Waals surface area contributed by atoms with Crippen LogP contribution >= 0.6 is 12.4 Å². The summed E-state index contributed by atoms with van der Waals surface area (Å²) in [5.74, 6) is -5.30. The molecule has 0 aromatic carbocycles. The Labute approximate surface area is 255 Å². The number of hydrogen-bond donors (Lipinski definition) is 7. The van der Waals surface area contributed by atoms with Crippen LogP contribution in [0.3, 0.4) is 0 Å². The quantitative estimate of drug-likeness (QED) is 0.109. The molecule has 240 valence electrons. The van der Waals surface area contributed by atoms with E-state index < -0.39 is 47.7 Å². The van der Waals surface area contributed by atoms with Crippen molar-refractivity contribution in [2.24, 2.45) is 47.3 Å². The van der Waals surface area contributed by atoms with Gasteiger partial charge in [-0.1, -0.05) is 27.7 Å². The number of carbonyl (C=O) groups excluding carboxylic acids is 4. The van der Waals surface area contributed by atoms with E-state index in [0.29, 0.717) is 50.9 Å². The molecule has 0 spiro atoms. The van der Waals surface area contributed by atoms with Crippen LogP contribution in [0.5, 0.6) is 0 Å². The topological polar surface area (TPSA) is 169 Å². The summed E-state index contributed by atoms with van der Waals surface area (Å²) < 4.78 is 0. The third kappa shape index (κ3) is 7.83. The summed E-state index contributed by atoms with van der Waals surface area (Å²) in [6, 6.07) is 0.717. The molecule has 0 aromatic heterocycles. The number of rotatable bonds is 14. The molecule has 10 unspecified atom stereocenters. The van der Waals surface area contributed by atoms with E-state index >= 15 is 0 Å². The molecular weight excluding hydrogens is 562 g/mol. The molecule has 4 saturated carbocycles. The van der Waals surface area contributed by atoms with Crippen molar-refractivity contribution in [2.45, 2.75) is 90.5 Å². The van der Waals surface area contributed by atoms with Gasteiger partial charge in [-0.3, -0.25) is 24.5 Å². The highest BCUT2D eigenvalue weighted by molar-refractivity contribution is 6.01. The van der Waals surface area contributed by atoms with E-state index in [1.54, 1.807) is 0 Å². The lowest BCUT2D eigenvalue weighted by atomic mass is 9.75. The van der Waals surface area contributed by atoms with Gasteiger partial charge in [0.1, 0.15) is 0 Å². The molecule has 12 heteroatoms. The molecule has 0 heterocycles. The van der Waals surface area contributed by atoms with Crippen molar-refractivity contribution in [3.8, 4) is 0 Å². The average molecular weight is 614 g/mol. The lowest BCUT2D eigenvalue weighted by Crippen LogP contribution is -2.53. The van der Waals surface area contributed by atoms with Gasteiger partial charge in [0, 0.05) is 25.2 Å². The number of halogens is 1. The van der Waals surface area contributed by atoms with Crippen molar-refractivity contribution < 1.29 is 29.4 Å². The summed E-state index contributed by atoms with van der Waals surface area (Å²) in [5, 5.41) is 36.2. The van der Waals surface area contributed by atoms with Gasteiger partial charge in [0.15, 0.2) is 0 Å². The Hall–Kier alpha value is -1.79. The van der Waals surface area contributed by atoms with Gasteiger partial charge in [-0.15, -0.1) is 12.4 Å². The maximum Gasteiger partial charge on any atom is 0.230 e. The lowest BCUT2D eigenvalue weighted by Gasteiger charge is -2.34. The van der Waals surface area contributed by atoms with Crippen molar-refractivity contribution in [3.63, 3.8) is 0 Å². The summed E-state index contributed by atoms with van der Waals surface area (Å²) in [6.07, 6.45) is 2.25. The third-order valence-electron chi connectivity index (χ3n) is 9.81. The molecule has 7 N–H and O–H groups in total. The van der Waals surface area contributed by atoms with Crippen LogP contribution in [0, 0.1) is 47.3 Å². The molecule has 4 amide bonds. The van der Waals surface area contributed by atoms with Gasteiger partial charge in [-0.05, 0) is 75.3 Å². The summed E-state index contributed by atoms with van der Waals surface area (Å²) >= 11 is 0. The summed E-state index contributed by atoms with van der Waals surface area (Å²) in [7, 11) is 0. The number of imide groups is 1. The number of aliphatic hydroxyl groups excluding tert-OH is 2. The highest BCUT2D eigenvalue weighted by Gasteiger charge is 2.60. The molecule has 10 atom stereocenters. The third-order valence-corrected chi connectivity index (χ3v) is 9.81. The first-order valence-electron chi connectivity index (χ1n) is 15.7. The maximum absolute atomic E-state index is 13.6. The van der Waals surface area contributed by atoms with E-state index in [1.807, 2.05) is 0 Å². The summed E-state index contributed by atoms with van der Waals surface area (Å²) in [5.41, 5.74) is 0. The van der Waals surface area contributed by atoms with Crippen LogP contribution in [-0.2, 0) is 19.2 Å². The predicted octanol–water partition coefficient (Wildman–Crippen LogP) is 0.326. The Balaban J connectivity index is 0.00000484. The lowest BCUT2D eigenvalue weighted by molar-refractivity contribution is -0.147. The molecule has 42 heavy (non-hydrogen) atoms. The Kier molecular flexibility index (Phi) is 12.6. The molecule has 11 nitrogen and oxygen atoms in total. The van der Waals surface area contributed by atoms with Crippen molar-refractivity contribution in [1.82, 2.24) is 26.6 Å². The normalized spacial score (nSPS) is 34.5. The van der Waals surface area contributed by atoms with E-state index in [0.717, 1.165) is 25.9 Å². The minimum atomic E-state index is -0.800. The molecule has 4 fully saturated rings. The Morgan fingerprint density at radius 3 is 1.33 bits per heavy atom. The first kappa shape index (κ1) is 34.7. The summed E-state index contributed by atoms with van der Waals surface area (Å²) in [6.45, 7) is 10.7.